The Balaban J connectivity index is 1.74. The second-order valence-electron chi connectivity index (χ2n) is 4.51. The lowest BCUT2D eigenvalue weighted by Crippen LogP contribution is -2.48. The Bertz CT molecular complexity index is 445. The molecule has 0 aromatic heterocycles. The van der Waals surface area contributed by atoms with Gasteiger partial charge in [-0.25, -0.2) is 4.79 Å². The number of ether oxygens (including phenoxy) is 1. The van der Waals surface area contributed by atoms with E-state index < -0.39 is 0 Å². The van der Waals surface area contributed by atoms with Crippen molar-refractivity contribution in [3.8, 4) is 12.3 Å². The third-order valence-corrected chi connectivity index (χ3v) is 3.15. The lowest BCUT2D eigenvalue weighted by molar-refractivity contribution is 0.0745. The summed E-state index contributed by atoms with van der Waals surface area (Å²) >= 11 is 0. The molecule has 0 aliphatic carbocycles. The number of nitrogens with zero attached hydrogens (tertiary/aromatic N) is 2. The van der Waals surface area contributed by atoms with Gasteiger partial charge in [0.2, 0.25) is 0 Å². The summed E-state index contributed by atoms with van der Waals surface area (Å²) in [5, 5.41) is 0. The van der Waals surface area contributed by atoms with Crippen molar-refractivity contribution < 1.29 is 9.53 Å². The third kappa shape index (κ3) is 4.01. The van der Waals surface area contributed by atoms with Crippen molar-refractivity contribution in [1.82, 2.24) is 9.80 Å². The minimum absolute atomic E-state index is 0.246. The summed E-state index contributed by atoms with van der Waals surface area (Å²) in [6, 6.07) is 9.69. The normalized spacial score (nSPS) is 15.8. The number of piperazine rings is 1. The van der Waals surface area contributed by atoms with Crippen LogP contribution >= 0.6 is 0 Å². The van der Waals surface area contributed by atoms with Crippen LogP contribution in [-0.2, 0) is 11.3 Å². The molecule has 100 valence electrons. The molecule has 4 nitrogen and oxygen atoms in total. The van der Waals surface area contributed by atoms with Gasteiger partial charge in [0.05, 0.1) is 6.54 Å². The smallest absolute Gasteiger partial charge is 0.410 e. The van der Waals surface area contributed by atoms with E-state index in [0.717, 1.165) is 18.7 Å². The Kier molecular flexibility index (Phi) is 4.82. The molecule has 0 radical (unpaired) electrons. The monoisotopic (exact) mass is 258 g/mol. The van der Waals surface area contributed by atoms with Crippen LogP contribution in [0.3, 0.4) is 0 Å². The molecule has 1 aromatic carbocycles. The van der Waals surface area contributed by atoms with Crippen LogP contribution in [0, 0.1) is 12.3 Å². The molecule has 0 spiro atoms. The van der Waals surface area contributed by atoms with Crippen LogP contribution in [0.5, 0.6) is 0 Å². The second-order valence-corrected chi connectivity index (χ2v) is 4.51. The minimum Gasteiger partial charge on any atom is -0.445 e. The summed E-state index contributed by atoms with van der Waals surface area (Å²) in [5.74, 6) is 2.62. The van der Waals surface area contributed by atoms with Crippen molar-refractivity contribution in [1.29, 1.82) is 0 Å². The Morgan fingerprint density at radius 1 is 1.21 bits per heavy atom. The van der Waals surface area contributed by atoms with Gasteiger partial charge in [-0.1, -0.05) is 36.3 Å². The average molecular weight is 258 g/mol. The van der Waals surface area contributed by atoms with Crippen LogP contribution in [0.25, 0.3) is 0 Å². The highest BCUT2D eigenvalue weighted by atomic mass is 16.6. The van der Waals surface area contributed by atoms with Crippen molar-refractivity contribution in [2.75, 3.05) is 32.7 Å². The molecule has 0 atom stereocenters. The average Bonchev–Trinajstić information content (AvgIpc) is 2.47. The second kappa shape index (κ2) is 6.81. The number of rotatable bonds is 3. The zero-order valence-corrected chi connectivity index (χ0v) is 10.9. The highest BCUT2D eigenvalue weighted by Gasteiger charge is 2.21. The molecule has 0 N–H and O–H groups in total. The first-order valence-corrected chi connectivity index (χ1v) is 6.41. The van der Waals surface area contributed by atoms with E-state index in [1.807, 2.05) is 30.3 Å². The van der Waals surface area contributed by atoms with Gasteiger partial charge < -0.3 is 9.64 Å². The predicted octanol–water partition coefficient (Wildman–Crippen LogP) is 1.57. The van der Waals surface area contributed by atoms with Gasteiger partial charge in [0.25, 0.3) is 0 Å². The largest absolute Gasteiger partial charge is 0.445 e. The fraction of sp³-hybridized carbons (Fsp3) is 0.400. The van der Waals surface area contributed by atoms with Gasteiger partial charge >= 0.3 is 6.09 Å². The standard InChI is InChI=1S/C15H18N2O2/c1-2-8-16-9-11-17(12-10-16)15(18)19-13-14-6-4-3-5-7-14/h1,3-7H,8-13H2. The van der Waals surface area contributed by atoms with Crippen molar-refractivity contribution in [3.05, 3.63) is 35.9 Å². The van der Waals surface area contributed by atoms with E-state index in [-0.39, 0.29) is 6.09 Å². The number of hydrogen-bond donors (Lipinski definition) is 0. The van der Waals surface area contributed by atoms with Gasteiger partial charge in [0, 0.05) is 26.2 Å². The van der Waals surface area contributed by atoms with E-state index in [0.29, 0.717) is 26.2 Å². The van der Waals surface area contributed by atoms with Crippen LogP contribution in [0.4, 0.5) is 4.79 Å². The van der Waals surface area contributed by atoms with Crippen molar-refractivity contribution in [2.24, 2.45) is 0 Å². The van der Waals surface area contributed by atoms with E-state index in [4.69, 9.17) is 11.2 Å². The van der Waals surface area contributed by atoms with Crippen LogP contribution in [0.2, 0.25) is 0 Å². The maximum atomic E-state index is 11.9. The van der Waals surface area contributed by atoms with Gasteiger partial charge in [0.1, 0.15) is 6.61 Å². The number of terminal acetylenes is 1. The Hall–Kier alpha value is -1.99. The third-order valence-electron chi connectivity index (χ3n) is 3.15. The Morgan fingerprint density at radius 2 is 1.89 bits per heavy atom. The van der Waals surface area contributed by atoms with Crippen LogP contribution in [0.15, 0.2) is 30.3 Å². The minimum atomic E-state index is -0.246. The van der Waals surface area contributed by atoms with Crippen LogP contribution in [-0.4, -0.2) is 48.6 Å². The molecule has 4 heteroatoms. The first-order chi connectivity index (χ1) is 9.29. The SMILES string of the molecule is C#CCN1CCN(C(=O)OCc2ccccc2)CC1. The molecule has 1 aliphatic rings. The molecule has 1 fully saturated rings. The van der Waals surface area contributed by atoms with Gasteiger partial charge in [0.15, 0.2) is 0 Å². The molecule has 19 heavy (non-hydrogen) atoms. The molecular weight excluding hydrogens is 240 g/mol. The first kappa shape index (κ1) is 13.4. The topological polar surface area (TPSA) is 32.8 Å². The molecular formula is C15H18N2O2. The van der Waals surface area contributed by atoms with E-state index in [2.05, 4.69) is 10.8 Å². The number of carbonyl (C=O) groups excluding carboxylic acids is 1. The van der Waals surface area contributed by atoms with E-state index in [9.17, 15) is 4.79 Å². The molecule has 1 saturated heterocycles. The lowest BCUT2D eigenvalue weighted by Gasteiger charge is -2.32. The summed E-state index contributed by atoms with van der Waals surface area (Å²) in [4.78, 5) is 15.8. The predicted molar refractivity (Wildman–Crippen MR) is 73.5 cm³/mol. The van der Waals surface area contributed by atoms with E-state index >= 15 is 0 Å². The molecule has 1 aromatic rings. The highest BCUT2D eigenvalue weighted by molar-refractivity contribution is 5.67. The maximum absolute atomic E-state index is 11.9. The summed E-state index contributed by atoms with van der Waals surface area (Å²) in [5.41, 5.74) is 1.00. The molecule has 1 heterocycles. The maximum Gasteiger partial charge on any atom is 0.410 e. The van der Waals surface area contributed by atoms with Crippen molar-refractivity contribution in [2.45, 2.75) is 6.61 Å². The van der Waals surface area contributed by atoms with Crippen LogP contribution in [0.1, 0.15) is 5.56 Å². The summed E-state index contributed by atoms with van der Waals surface area (Å²) in [6.07, 6.45) is 5.02. The van der Waals surface area contributed by atoms with Crippen molar-refractivity contribution >= 4 is 6.09 Å². The van der Waals surface area contributed by atoms with Gasteiger partial charge in [-0.05, 0) is 5.56 Å². The summed E-state index contributed by atoms with van der Waals surface area (Å²) in [6.45, 7) is 3.94. The quantitative estimate of drug-likeness (QED) is 0.772. The molecule has 0 saturated carbocycles. The zero-order chi connectivity index (χ0) is 13.5. The molecule has 0 unspecified atom stereocenters. The molecule has 1 amide bonds. The van der Waals surface area contributed by atoms with Gasteiger partial charge in [-0.3, -0.25) is 4.90 Å². The van der Waals surface area contributed by atoms with E-state index in [1.165, 1.54) is 0 Å². The Morgan fingerprint density at radius 3 is 2.53 bits per heavy atom. The van der Waals surface area contributed by atoms with E-state index in [1.54, 1.807) is 4.90 Å². The highest BCUT2D eigenvalue weighted by Crippen LogP contribution is 2.06. The molecule has 1 aliphatic heterocycles. The van der Waals surface area contributed by atoms with Gasteiger partial charge in [-0.2, -0.15) is 0 Å². The summed E-state index contributed by atoms with van der Waals surface area (Å²) < 4.78 is 5.29. The number of benzene rings is 1. The van der Waals surface area contributed by atoms with Gasteiger partial charge in [-0.15, -0.1) is 6.42 Å². The zero-order valence-electron chi connectivity index (χ0n) is 10.9. The molecule has 0 bridgehead atoms. The summed E-state index contributed by atoms with van der Waals surface area (Å²) in [7, 11) is 0. The van der Waals surface area contributed by atoms with Crippen LogP contribution < -0.4 is 0 Å². The fourth-order valence-electron chi connectivity index (χ4n) is 2.03. The van der Waals surface area contributed by atoms with Crippen molar-refractivity contribution in [3.63, 3.8) is 0 Å². The Labute approximate surface area is 114 Å². The first-order valence-electron chi connectivity index (χ1n) is 6.41. The number of amides is 1. The fourth-order valence-corrected chi connectivity index (χ4v) is 2.03. The number of carbonyl (C=O) groups is 1. The lowest BCUT2D eigenvalue weighted by atomic mass is 10.2. The molecule has 2 rings (SSSR count). The number of hydrogen-bond acceptors (Lipinski definition) is 3.